The Hall–Kier alpha value is 0. The summed E-state index contributed by atoms with van der Waals surface area (Å²) >= 11 is 0. The predicted molar refractivity (Wildman–Crippen MR) is 43.5 cm³/mol. The maximum Gasteiger partial charge on any atom is -0.0295 e. The van der Waals surface area contributed by atoms with Crippen molar-refractivity contribution >= 4 is 0 Å². The molecule has 0 spiro atoms. The first kappa shape index (κ1) is 6.69. The second kappa shape index (κ2) is 1.78. The lowest BCUT2D eigenvalue weighted by molar-refractivity contribution is -0.0912. The molecule has 0 aromatic heterocycles. The van der Waals surface area contributed by atoms with Crippen LogP contribution in [0.1, 0.15) is 33.1 Å². The monoisotopic (exact) mass is 137 g/mol. The van der Waals surface area contributed by atoms with E-state index < -0.39 is 0 Å². The van der Waals surface area contributed by atoms with E-state index in [4.69, 9.17) is 0 Å². The Balaban J connectivity index is 2.16. The number of rotatable bonds is 0. The molecule has 0 heterocycles. The third-order valence-electron chi connectivity index (χ3n) is 4.00. The summed E-state index contributed by atoms with van der Waals surface area (Å²) in [5.41, 5.74) is 0.644. The van der Waals surface area contributed by atoms with Gasteiger partial charge >= 0.3 is 0 Å². The normalized spacial score (nSPS) is 50.1. The zero-order valence-electron chi connectivity index (χ0n) is 7.06. The molecule has 10 heavy (non-hydrogen) atoms. The van der Waals surface area contributed by atoms with Crippen LogP contribution in [0.25, 0.3) is 0 Å². The van der Waals surface area contributed by atoms with Crippen LogP contribution in [0.15, 0.2) is 0 Å². The number of fused-ring (bicyclic) bond motifs is 2. The maximum atomic E-state index is 4.21. The van der Waals surface area contributed by atoms with Crippen LogP contribution in [0.5, 0.6) is 0 Å². The van der Waals surface area contributed by atoms with Gasteiger partial charge in [-0.25, -0.2) is 0 Å². The molecule has 3 saturated carbocycles. The van der Waals surface area contributed by atoms with E-state index in [1.165, 1.54) is 19.3 Å². The fraction of sp³-hybridized carbons (Fsp3) is 0.900. The molecule has 0 heteroatoms. The minimum atomic E-state index is 0.644. The zero-order chi connectivity index (χ0) is 7.35. The van der Waals surface area contributed by atoms with E-state index in [2.05, 4.69) is 20.8 Å². The summed E-state index contributed by atoms with van der Waals surface area (Å²) in [6, 6.07) is 0. The fourth-order valence-corrected chi connectivity index (χ4v) is 2.96. The Bertz CT molecular complexity index is 144. The van der Waals surface area contributed by atoms with Gasteiger partial charge in [0, 0.05) is 0 Å². The Morgan fingerprint density at radius 3 is 2.30 bits per heavy atom. The summed E-state index contributed by atoms with van der Waals surface area (Å²) < 4.78 is 0. The summed E-state index contributed by atoms with van der Waals surface area (Å²) in [5, 5.41) is 0. The van der Waals surface area contributed by atoms with E-state index in [-0.39, 0.29) is 0 Å². The summed E-state index contributed by atoms with van der Waals surface area (Å²) in [6.07, 6.45) is 4.30. The molecule has 0 amide bonds. The van der Waals surface area contributed by atoms with Crippen molar-refractivity contribution in [2.75, 3.05) is 0 Å². The number of hydrogen-bond acceptors (Lipinski definition) is 0. The zero-order valence-corrected chi connectivity index (χ0v) is 7.06. The average Bonchev–Trinajstić information content (AvgIpc) is 1.87. The Morgan fingerprint density at radius 1 is 1.30 bits per heavy atom. The minimum absolute atomic E-state index is 0.644. The molecule has 3 aliphatic rings. The third-order valence-corrected chi connectivity index (χ3v) is 4.00. The van der Waals surface area contributed by atoms with Gasteiger partial charge in [0.05, 0.1) is 0 Å². The summed E-state index contributed by atoms with van der Waals surface area (Å²) in [6.45, 7) is 9.05. The molecule has 3 atom stereocenters. The quantitative estimate of drug-likeness (QED) is 0.481. The highest BCUT2D eigenvalue weighted by Gasteiger charge is 2.52. The average molecular weight is 137 g/mol. The third kappa shape index (κ3) is 0.627. The van der Waals surface area contributed by atoms with Gasteiger partial charge in [-0.2, -0.15) is 0 Å². The van der Waals surface area contributed by atoms with Crippen LogP contribution in [-0.2, 0) is 0 Å². The van der Waals surface area contributed by atoms with Crippen molar-refractivity contribution in [3.05, 3.63) is 6.92 Å². The van der Waals surface area contributed by atoms with Gasteiger partial charge in [0.1, 0.15) is 0 Å². The van der Waals surface area contributed by atoms with E-state index in [0.29, 0.717) is 5.41 Å². The van der Waals surface area contributed by atoms with Crippen molar-refractivity contribution in [1.82, 2.24) is 0 Å². The SMILES string of the molecule is [CH2][C@H]1CC[C@@H]2C[C@H]1C2(C)C. The second-order valence-electron chi connectivity index (χ2n) is 4.70. The molecule has 57 valence electrons. The van der Waals surface area contributed by atoms with Crippen LogP contribution >= 0.6 is 0 Å². The highest BCUT2D eigenvalue weighted by Crippen LogP contribution is 2.60. The highest BCUT2D eigenvalue weighted by atomic mass is 14.6. The van der Waals surface area contributed by atoms with Gasteiger partial charge in [-0.15, -0.1) is 0 Å². The molecule has 0 unspecified atom stereocenters. The highest BCUT2D eigenvalue weighted by molar-refractivity contribution is 5.03. The van der Waals surface area contributed by atoms with E-state index in [1.54, 1.807) is 0 Å². The van der Waals surface area contributed by atoms with Crippen LogP contribution in [0.4, 0.5) is 0 Å². The molecule has 1 radical (unpaired) electrons. The molecule has 0 N–H and O–H groups in total. The molecular formula is C10H17. The molecule has 0 nitrogen and oxygen atoms in total. The van der Waals surface area contributed by atoms with Crippen molar-refractivity contribution in [1.29, 1.82) is 0 Å². The van der Waals surface area contributed by atoms with Crippen LogP contribution in [0.3, 0.4) is 0 Å². The second-order valence-corrected chi connectivity index (χ2v) is 4.70. The smallest absolute Gasteiger partial charge is 0.0295 e. The maximum absolute atomic E-state index is 4.21. The van der Waals surface area contributed by atoms with Crippen LogP contribution in [-0.4, -0.2) is 0 Å². The molecule has 3 aliphatic carbocycles. The Kier molecular flexibility index (Phi) is 1.19. The minimum Gasteiger partial charge on any atom is -0.0594 e. The Morgan fingerprint density at radius 2 is 2.00 bits per heavy atom. The van der Waals surface area contributed by atoms with Crippen molar-refractivity contribution in [3.63, 3.8) is 0 Å². The van der Waals surface area contributed by atoms with Gasteiger partial charge in [0.15, 0.2) is 0 Å². The van der Waals surface area contributed by atoms with E-state index >= 15 is 0 Å². The first-order chi connectivity index (χ1) is 4.62. The molecule has 2 bridgehead atoms. The molecular weight excluding hydrogens is 120 g/mol. The van der Waals surface area contributed by atoms with Crippen LogP contribution < -0.4 is 0 Å². The first-order valence-corrected chi connectivity index (χ1v) is 4.45. The van der Waals surface area contributed by atoms with E-state index in [0.717, 1.165) is 17.8 Å². The fourth-order valence-electron chi connectivity index (χ4n) is 2.96. The first-order valence-electron chi connectivity index (χ1n) is 4.45. The molecule has 0 aromatic carbocycles. The van der Waals surface area contributed by atoms with E-state index in [9.17, 15) is 0 Å². The lowest BCUT2D eigenvalue weighted by atomic mass is 9.46. The van der Waals surface area contributed by atoms with E-state index in [1.807, 2.05) is 0 Å². The predicted octanol–water partition coefficient (Wildman–Crippen LogP) is 2.89. The molecule has 3 rings (SSSR count). The van der Waals surface area contributed by atoms with Gasteiger partial charge in [0.2, 0.25) is 0 Å². The van der Waals surface area contributed by atoms with Gasteiger partial charge < -0.3 is 0 Å². The summed E-state index contributed by atoms with van der Waals surface area (Å²) in [4.78, 5) is 0. The van der Waals surface area contributed by atoms with Crippen molar-refractivity contribution in [3.8, 4) is 0 Å². The summed E-state index contributed by atoms with van der Waals surface area (Å²) in [5.74, 6) is 2.75. The molecule has 0 aromatic rings. The standard InChI is InChI=1S/C10H17/c1-7-4-5-8-6-9(7)10(8,2)3/h7-9H,1,4-6H2,2-3H3/t7-,8+,9+/m0/s1. The van der Waals surface area contributed by atoms with Crippen molar-refractivity contribution in [2.24, 2.45) is 23.2 Å². The largest absolute Gasteiger partial charge is 0.0594 e. The Labute approximate surface area is 64.0 Å². The number of hydrogen-bond donors (Lipinski definition) is 0. The molecule has 0 saturated heterocycles. The van der Waals surface area contributed by atoms with Gasteiger partial charge in [-0.1, -0.05) is 13.8 Å². The van der Waals surface area contributed by atoms with Gasteiger partial charge in [-0.3, -0.25) is 0 Å². The van der Waals surface area contributed by atoms with Crippen LogP contribution in [0, 0.1) is 30.1 Å². The molecule has 0 aliphatic heterocycles. The van der Waals surface area contributed by atoms with Crippen LogP contribution in [0.2, 0.25) is 0 Å². The topological polar surface area (TPSA) is 0 Å². The lowest BCUT2D eigenvalue weighted by Gasteiger charge is -2.59. The lowest BCUT2D eigenvalue weighted by Crippen LogP contribution is -2.51. The summed E-state index contributed by atoms with van der Waals surface area (Å²) in [7, 11) is 0. The van der Waals surface area contributed by atoms with Crippen molar-refractivity contribution in [2.45, 2.75) is 33.1 Å². The molecule has 3 fully saturated rings. The van der Waals surface area contributed by atoms with Gasteiger partial charge in [-0.05, 0) is 49.4 Å². The van der Waals surface area contributed by atoms with Gasteiger partial charge in [0.25, 0.3) is 0 Å². The van der Waals surface area contributed by atoms with Crippen molar-refractivity contribution < 1.29 is 0 Å².